The molecule has 0 spiro atoms. The van der Waals surface area contributed by atoms with Gasteiger partial charge in [0.1, 0.15) is 6.04 Å². The second-order valence-corrected chi connectivity index (χ2v) is 8.74. The number of amides is 1. The van der Waals surface area contributed by atoms with Crippen molar-refractivity contribution in [3.63, 3.8) is 0 Å². The summed E-state index contributed by atoms with van der Waals surface area (Å²) in [5.41, 5.74) is 0. The predicted molar refractivity (Wildman–Crippen MR) is 91.1 cm³/mol. The summed E-state index contributed by atoms with van der Waals surface area (Å²) in [4.78, 5) is 22.0. The topological polar surface area (TPSA) is 101 Å². The molecule has 0 radical (unpaired) electrons. The number of unbranched alkanes of at least 4 members (excludes halogenated alkanes) is 5. The van der Waals surface area contributed by atoms with Crippen LogP contribution in [0.5, 0.6) is 0 Å². The molecule has 0 bridgehead atoms. The SMILES string of the molecule is CC(C)CS(=O)(=O)CCCCCCCCC(=O)NC(C)C(=O)O. The zero-order valence-electron chi connectivity index (χ0n) is 14.5. The number of hydrogen-bond donors (Lipinski definition) is 2. The molecule has 0 aromatic heterocycles. The van der Waals surface area contributed by atoms with Gasteiger partial charge in [0.25, 0.3) is 0 Å². The van der Waals surface area contributed by atoms with Crippen LogP contribution >= 0.6 is 0 Å². The van der Waals surface area contributed by atoms with Crippen molar-refractivity contribution in [3.8, 4) is 0 Å². The second kappa shape index (κ2) is 11.4. The van der Waals surface area contributed by atoms with Crippen molar-refractivity contribution in [3.05, 3.63) is 0 Å². The van der Waals surface area contributed by atoms with Gasteiger partial charge in [-0.1, -0.05) is 39.5 Å². The number of carbonyl (C=O) groups is 2. The maximum Gasteiger partial charge on any atom is 0.325 e. The minimum absolute atomic E-state index is 0.176. The predicted octanol–water partition coefficient (Wildman–Crippen LogP) is 2.38. The first-order valence-corrected chi connectivity index (χ1v) is 10.2. The summed E-state index contributed by atoms with van der Waals surface area (Å²) >= 11 is 0. The van der Waals surface area contributed by atoms with Gasteiger partial charge in [-0.3, -0.25) is 9.59 Å². The van der Waals surface area contributed by atoms with Crippen LogP contribution in [0, 0.1) is 5.92 Å². The highest BCUT2D eigenvalue weighted by Gasteiger charge is 2.13. The molecule has 0 rings (SSSR count). The maximum absolute atomic E-state index is 11.7. The average molecular weight is 349 g/mol. The van der Waals surface area contributed by atoms with Crippen molar-refractivity contribution >= 4 is 21.7 Å². The molecule has 7 heteroatoms. The Labute approximate surface area is 140 Å². The third kappa shape index (κ3) is 13.1. The lowest BCUT2D eigenvalue weighted by Gasteiger charge is -2.09. The fourth-order valence-electron chi connectivity index (χ4n) is 2.28. The van der Waals surface area contributed by atoms with E-state index in [9.17, 15) is 18.0 Å². The number of carboxylic acid groups (broad SMARTS) is 1. The molecule has 0 heterocycles. The molecule has 6 nitrogen and oxygen atoms in total. The van der Waals surface area contributed by atoms with Crippen LogP contribution < -0.4 is 5.32 Å². The van der Waals surface area contributed by atoms with Gasteiger partial charge >= 0.3 is 5.97 Å². The van der Waals surface area contributed by atoms with Gasteiger partial charge in [-0.2, -0.15) is 0 Å². The van der Waals surface area contributed by atoms with Gasteiger partial charge in [0.05, 0.1) is 11.5 Å². The molecular formula is C16H31NO5S. The van der Waals surface area contributed by atoms with Gasteiger partial charge in [0, 0.05) is 6.42 Å². The Morgan fingerprint density at radius 1 is 0.957 bits per heavy atom. The fourth-order valence-corrected chi connectivity index (χ4v) is 4.11. The molecule has 136 valence electrons. The summed E-state index contributed by atoms with van der Waals surface area (Å²) in [5, 5.41) is 11.1. The Balaban J connectivity index is 3.57. The van der Waals surface area contributed by atoms with Gasteiger partial charge in [-0.05, 0) is 25.7 Å². The third-order valence-corrected chi connectivity index (χ3v) is 5.53. The Hall–Kier alpha value is -1.11. The highest BCUT2D eigenvalue weighted by Crippen LogP contribution is 2.10. The number of carboxylic acids is 1. The summed E-state index contributed by atoms with van der Waals surface area (Å²) in [7, 11) is -2.91. The van der Waals surface area contributed by atoms with Gasteiger partial charge in [-0.15, -0.1) is 0 Å². The minimum Gasteiger partial charge on any atom is -0.480 e. The zero-order valence-corrected chi connectivity index (χ0v) is 15.3. The Bertz CT molecular complexity index is 459. The largest absolute Gasteiger partial charge is 0.480 e. The Morgan fingerprint density at radius 3 is 2.00 bits per heavy atom. The number of carbonyl (C=O) groups excluding carboxylic acids is 1. The van der Waals surface area contributed by atoms with E-state index < -0.39 is 21.8 Å². The first-order valence-electron chi connectivity index (χ1n) is 8.36. The molecule has 0 saturated heterocycles. The number of hydrogen-bond acceptors (Lipinski definition) is 4. The molecule has 1 amide bonds. The lowest BCUT2D eigenvalue weighted by molar-refractivity contribution is -0.141. The van der Waals surface area contributed by atoms with E-state index in [2.05, 4.69) is 5.32 Å². The molecule has 0 saturated carbocycles. The van der Waals surface area contributed by atoms with Gasteiger partial charge in [-0.25, -0.2) is 8.42 Å². The standard InChI is InChI=1S/C16H31NO5S/c1-13(2)12-23(21,22)11-9-7-5-4-6-8-10-15(18)17-14(3)16(19)20/h13-14H,4-12H2,1-3H3,(H,17,18)(H,19,20). The first kappa shape index (κ1) is 21.9. The molecule has 0 aliphatic heterocycles. The van der Waals surface area contributed by atoms with Crippen LogP contribution in [0.1, 0.15) is 65.7 Å². The van der Waals surface area contributed by atoms with Crippen LogP contribution in [0.3, 0.4) is 0 Å². The van der Waals surface area contributed by atoms with E-state index in [1.807, 2.05) is 13.8 Å². The molecule has 1 unspecified atom stereocenters. The van der Waals surface area contributed by atoms with E-state index in [4.69, 9.17) is 5.11 Å². The number of nitrogens with one attached hydrogen (secondary N) is 1. The normalized spacial score (nSPS) is 13.0. The number of aliphatic carboxylic acids is 1. The highest BCUT2D eigenvalue weighted by molar-refractivity contribution is 7.91. The highest BCUT2D eigenvalue weighted by atomic mass is 32.2. The van der Waals surface area contributed by atoms with E-state index in [0.29, 0.717) is 12.8 Å². The molecule has 0 aliphatic carbocycles. The van der Waals surface area contributed by atoms with Crippen molar-refractivity contribution in [2.24, 2.45) is 5.92 Å². The molecule has 2 N–H and O–H groups in total. The van der Waals surface area contributed by atoms with Crippen LogP contribution in [-0.4, -0.2) is 42.9 Å². The molecular weight excluding hydrogens is 318 g/mol. The summed E-state index contributed by atoms with van der Waals surface area (Å²) in [6.45, 7) is 5.25. The van der Waals surface area contributed by atoms with Crippen molar-refractivity contribution < 1.29 is 23.1 Å². The van der Waals surface area contributed by atoms with Crippen LogP contribution in [0.25, 0.3) is 0 Å². The van der Waals surface area contributed by atoms with Crippen molar-refractivity contribution in [1.82, 2.24) is 5.32 Å². The lowest BCUT2D eigenvalue weighted by atomic mass is 10.1. The number of sulfone groups is 1. The zero-order chi connectivity index (χ0) is 17.9. The van der Waals surface area contributed by atoms with E-state index >= 15 is 0 Å². The van der Waals surface area contributed by atoms with E-state index in [1.54, 1.807) is 0 Å². The molecule has 23 heavy (non-hydrogen) atoms. The summed E-state index contributed by atoms with van der Waals surface area (Å²) in [6, 6.07) is -0.852. The third-order valence-electron chi connectivity index (χ3n) is 3.44. The molecule has 0 fully saturated rings. The quantitative estimate of drug-likeness (QED) is 0.497. The number of rotatable bonds is 13. The Kier molecular flexibility index (Phi) is 10.9. The van der Waals surface area contributed by atoms with Gasteiger partial charge in [0.15, 0.2) is 9.84 Å². The van der Waals surface area contributed by atoms with E-state index in [1.165, 1.54) is 6.92 Å². The van der Waals surface area contributed by atoms with E-state index in [-0.39, 0.29) is 23.3 Å². The van der Waals surface area contributed by atoms with Crippen LogP contribution in [0.15, 0.2) is 0 Å². The lowest BCUT2D eigenvalue weighted by Crippen LogP contribution is -2.38. The summed E-state index contributed by atoms with van der Waals surface area (Å²) < 4.78 is 23.4. The maximum atomic E-state index is 11.7. The smallest absolute Gasteiger partial charge is 0.325 e. The van der Waals surface area contributed by atoms with Crippen molar-refractivity contribution in [2.45, 2.75) is 71.8 Å². The van der Waals surface area contributed by atoms with Crippen LogP contribution in [-0.2, 0) is 19.4 Å². The molecule has 0 aromatic rings. The minimum atomic E-state index is -2.91. The first-order chi connectivity index (χ1) is 10.6. The molecule has 1 atom stereocenters. The fraction of sp³-hybridized carbons (Fsp3) is 0.875. The van der Waals surface area contributed by atoms with E-state index in [0.717, 1.165) is 32.1 Å². The van der Waals surface area contributed by atoms with Gasteiger partial charge < -0.3 is 10.4 Å². The summed E-state index contributed by atoms with van der Waals surface area (Å²) in [5.74, 6) is -0.571. The molecule has 0 aliphatic rings. The van der Waals surface area contributed by atoms with Crippen molar-refractivity contribution in [2.75, 3.05) is 11.5 Å². The van der Waals surface area contributed by atoms with Crippen LogP contribution in [0.4, 0.5) is 0 Å². The Morgan fingerprint density at radius 2 is 1.48 bits per heavy atom. The molecule has 0 aromatic carbocycles. The monoisotopic (exact) mass is 349 g/mol. The average Bonchev–Trinajstić information content (AvgIpc) is 2.39. The summed E-state index contributed by atoms with van der Waals surface area (Å²) in [6.07, 6.45) is 5.47. The van der Waals surface area contributed by atoms with Gasteiger partial charge in [0.2, 0.25) is 5.91 Å². The second-order valence-electron chi connectivity index (χ2n) is 6.51. The van der Waals surface area contributed by atoms with Crippen molar-refractivity contribution in [1.29, 1.82) is 0 Å². The van der Waals surface area contributed by atoms with Crippen LogP contribution in [0.2, 0.25) is 0 Å².